The first-order valence-electron chi connectivity index (χ1n) is 7.65. The molecule has 0 aliphatic carbocycles. The molecule has 0 N–H and O–H groups in total. The van der Waals surface area contributed by atoms with Gasteiger partial charge >= 0.3 is 0 Å². The molecule has 0 atom stereocenters. The lowest BCUT2D eigenvalue weighted by Gasteiger charge is -2.15. The molecule has 0 bridgehead atoms. The van der Waals surface area contributed by atoms with Crippen LogP contribution in [0.15, 0.2) is 40.1 Å². The molecular weight excluding hydrogens is 342 g/mol. The van der Waals surface area contributed by atoms with Crippen LogP contribution in [0.1, 0.15) is 21.8 Å². The molecule has 7 nitrogen and oxygen atoms in total. The van der Waals surface area contributed by atoms with E-state index in [0.29, 0.717) is 30.3 Å². The monoisotopic (exact) mass is 355 g/mol. The number of non-ortho nitro benzene ring substituents is 1. The highest BCUT2D eigenvalue weighted by molar-refractivity contribution is 7.13. The fraction of sp³-hybridized carbons (Fsp3) is 0.176. The molecule has 4 rings (SSSR count). The smallest absolute Gasteiger partial charge is 0.280 e. The fourth-order valence-electron chi connectivity index (χ4n) is 2.94. The number of carbonyl (C=O) groups is 1. The molecular formula is C17H13N3O4S. The van der Waals surface area contributed by atoms with Crippen LogP contribution in [0.25, 0.3) is 10.8 Å². The number of hydrogen-bond acceptors (Lipinski definition) is 6. The predicted octanol–water partition coefficient (Wildman–Crippen LogP) is 3.82. The minimum atomic E-state index is -0.431. The Balaban J connectivity index is 1.67. The van der Waals surface area contributed by atoms with Crippen LogP contribution in [0.2, 0.25) is 0 Å². The molecule has 1 aliphatic rings. The summed E-state index contributed by atoms with van der Waals surface area (Å²) >= 11 is 1.49. The summed E-state index contributed by atoms with van der Waals surface area (Å²) in [5.41, 5.74) is 1.79. The van der Waals surface area contributed by atoms with Gasteiger partial charge in [0.05, 0.1) is 9.80 Å². The van der Waals surface area contributed by atoms with E-state index in [0.717, 1.165) is 10.4 Å². The quantitative estimate of drug-likeness (QED) is 0.526. The first-order valence-corrected chi connectivity index (χ1v) is 8.53. The average Bonchev–Trinajstić information content (AvgIpc) is 3.32. The molecule has 0 fully saturated rings. The number of nitrogens with zero attached hydrogens (tertiary/aromatic N) is 3. The van der Waals surface area contributed by atoms with Crippen molar-refractivity contribution in [2.24, 2.45) is 0 Å². The van der Waals surface area contributed by atoms with Gasteiger partial charge in [-0.05, 0) is 36.4 Å². The van der Waals surface area contributed by atoms with E-state index in [1.54, 1.807) is 17.9 Å². The summed E-state index contributed by atoms with van der Waals surface area (Å²) in [6.45, 7) is 2.18. The Labute approximate surface area is 146 Å². The lowest BCUT2D eigenvalue weighted by molar-refractivity contribution is -0.384. The molecule has 0 saturated heterocycles. The highest BCUT2D eigenvalue weighted by atomic mass is 32.1. The molecule has 1 aromatic carbocycles. The maximum absolute atomic E-state index is 12.9. The van der Waals surface area contributed by atoms with Gasteiger partial charge in [-0.15, -0.1) is 11.3 Å². The van der Waals surface area contributed by atoms with Gasteiger partial charge in [-0.1, -0.05) is 6.07 Å². The number of oxazole rings is 1. The molecule has 8 heteroatoms. The van der Waals surface area contributed by atoms with Crippen molar-refractivity contribution >= 4 is 28.6 Å². The van der Waals surface area contributed by atoms with E-state index in [-0.39, 0.29) is 17.3 Å². The topological polar surface area (TPSA) is 89.5 Å². The lowest BCUT2D eigenvalue weighted by atomic mass is 10.1. The molecule has 1 amide bonds. The second-order valence-corrected chi connectivity index (χ2v) is 6.63. The Morgan fingerprint density at radius 2 is 2.24 bits per heavy atom. The van der Waals surface area contributed by atoms with Gasteiger partial charge in [-0.25, -0.2) is 4.98 Å². The molecule has 0 unspecified atom stereocenters. The molecule has 2 aromatic heterocycles. The van der Waals surface area contributed by atoms with Crippen molar-refractivity contribution in [1.82, 2.24) is 4.98 Å². The summed E-state index contributed by atoms with van der Waals surface area (Å²) in [6, 6.07) is 8.33. The zero-order valence-corrected chi connectivity index (χ0v) is 14.1. The number of thiophene rings is 1. The Morgan fingerprint density at radius 1 is 1.40 bits per heavy atom. The van der Waals surface area contributed by atoms with E-state index in [2.05, 4.69) is 4.98 Å². The number of aryl methyl sites for hydroxylation is 1. The van der Waals surface area contributed by atoms with Gasteiger partial charge in [0.1, 0.15) is 5.76 Å². The van der Waals surface area contributed by atoms with Gasteiger partial charge in [0.25, 0.3) is 11.6 Å². The third-order valence-electron chi connectivity index (χ3n) is 4.15. The fourth-order valence-corrected chi connectivity index (χ4v) is 3.59. The van der Waals surface area contributed by atoms with Crippen molar-refractivity contribution in [2.45, 2.75) is 13.3 Å². The molecule has 1 aliphatic heterocycles. The number of aromatic nitrogens is 1. The standard InChI is InChI=1S/C17H13N3O4S/c1-10-15(18-16(24-10)14-3-2-8-25-14)17(21)19-7-6-11-9-12(20(22)23)4-5-13(11)19/h2-5,8-9H,6-7H2,1H3. The molecule has 0 spiro atoms. The number of rotatable bonds is 3. The molecule has 0 radical (unpaired) electrons. The molecule has 25 heavy (non-hydrogen) atoms. The molecule has 3 heterocycles. The number of amides is 1. The Bertz CT molecular complexity index is 978. The van der Waals surface area contributed by atoms with Gasteiger partial charge in [0, 0.05) is 24.4 Å². The number of benzene rings is 1. The summed E-state index contributed by atoms with van der Waals surface area (Å²) in [6.07, 6.45) is 0.581. The first-order chi connectivity index (χ1) is 12.0. The van der Waals surface area contributed by atoms with E-state index in [1.165, 1.54) is 23.5 Å². The van der Waals surface area contributed by atoms with E-state index in [4.69, 9.17) is 4.42 Å². The van der Waals surface area contributed by atoms with Gasteiger partial charge in [0.15, 0.2) is 5.69 Å². The van der Waals surface area contributed by atoms with Crippen molar-refractivity contribution in [2.75, 3.05) is 11.4 Å². The second-order valence-electron chi connectivity index (χ2n) is 5.68. The van der Waals surface area contributed by atoms with Gasteiger partial charge in [0.2, 0.25) is 5.89 Å². The first kappa shape index (κ1) is 15.5. The highest BCUT2D eigenvalue weighted by Crippen LogP contribution is 2.33. The summed E-state index contributed by atoms with van der Waals surface area (Å²) < 4.78 is 5.64. The van der Waals surface area contributed by atoms with E-state index in [1.807, 2.05) is 17.5 Å². The van der Waals surface area contributed by atoms with Crippen LogP contribution < -0.4 is 4.90 Å². The van der Waals surface area contributed by atoms with Crippen LogP contribution in [0.5, 0.6) is 0 Å². The largest absolute Gasteiger partial charge is 0.440 e. The van der Waals surface area contributed by atoms with Crippen LogP contribution >= 0.6 is 11.3 Å². The summed E-state index contributed by atoms with van der Waals surface area (Å²) in [5.74, 6) is 0.638. The summed E-state index contributed by atoms with van der Waals surface area (Å²) in [4.78, 5) is 30.2. The number of nitro groups is 1. The number of hydrogen-bond donors (Lipinski definition) is 0. The minimum absolute atomic E-state index is 0.0330. The molecule has 0 saturated carbocycles. The number of fused-ring (bicyclic) bond motifs is 1. The number of carbonyl (C=O) groups excluding carboxylic acids is 1. The SMILES string of the molecule is Cc1oc(-c2cccs2)nc1C(=O)N1CCc2cc([N+](=O)[O-])ccc21. The van der Waals surface area contributed by atoms with Gasteiger partial charge < -0.3 is 9.32 Å². The normalized spacial score (nSPS) is 13.1. The van der Waals surface area contributed by atoms with Gasteiger partial charge in [-0.3, -0.25) is 14.9 Å². The maximum atomic E-state index is 12.9. The third-order valence-corrected chi connectivity index (χ3v) is 5.00. The van der Waals surface area contributed by atoms with E-state index >= 15 is 0 Å². The third kappa shape index (κ3) is 2.60. The molecule has 126 valence electrons. The van der Waals surface area contributed by atoms with Crippen LogP contribution in [-0.4, -0.2) is 22.4 Å². The van der Waals surface area contributed by atoms with Crippen LogP contribution in [0.3, 0.4) is 0 Å². The van der Waals surface area contributed by atoms with Crippen molar-refractivity contribution in [3.05, 3.63) is 62.8 Å². The zero-order chi connectivity index (χ0) is 17.6. The molecule has 3 aromatic rings. The van der Waals surface area contributed by atoms with Crippen molar-refractivity contribution in [1.29, 1.82) is 0 Å². The van der Waals surface area contributed by atoms with Crippen LogP contribution in [0, 0.1) is 17.0 Å². The maximum Gasteiger partial charge on any atom is 0.280 e. The van der Waals surface area contributed by atoms with Crippen molar-refractivity contribution in [3.63, 3.8) is 0 Å². The predicted molar refractivity (Wildman–Crippen MR) is 93.0 cm³/mol. The van der Waals surface area contributed by atoms with Crippen molar-refractivity contribution < 1.29 is 14.1 Å². The highest BCUT2D eigenvalue weighted by Gasteiger charge is 2.30. The van der Waals surface area contributed by atoms with Crippen LogP contribution in [0.4, 0.5) is 11.4 Å². The van der Waals surface area contributed by atoms with Gasteiger partial charge in [-0.2, -0.15) is 0 Å². The Hall–Kier alpha value is -3.00. The summed E-state index contributed by atoms with van der Waals surface area (Å²) in [5, 5.41) is 12.8. The summed E-state index contributed by atoms with van der Waals surface area (Å²) in [7, 11) is 0. The van der Waals surface area contributed by atoms with Crippen molar-refractivity contribution in [3.8, 4) is 10.8 Å². The zero-order valence-electron chi connectivity index (χ0n) is 13.3. The second kappa shape index (κ2) is 5.82. The average molecular weight is 355 g/mol. The Kier molecular flexibility index (Phi) is 3.61. The van der Waals surface area contributed by atoms with E-state index < -0.39 is 4.92 Å². The van der Waals surface area contributed by atoms with E-state index in [9.17, 15) is 14.9 Å². The number of nitro benzene ring substituents is 1. The number of anilines is 1. The Morgan fingerprint density at radius 3 is 2.96 bits per heavy atom. The lowest BCUT2D eigenvalue weighted by Crippen LogP contribution is -2.29. The van der Waals surface area contributed by atoms with Crippen LogP contribution in [-0.2, 0) is 6.42 Å². The minimum Gasteiger partial charge on any atom is -0.440 e.